The zero-order valence-electron chi connectivity index (χ0n) is 46.6. The van der Waals surface area contributed by atoms with Crippen molar-refractivity contribution in [2.75, 3.05) is 40.6 Å². The van der Waals surface area contributed by atoms with Crippen molar-refractivity contribution < 1.29 is 26.2 Å². The van der Waals surface area contributed by atoms with Crippen molar-refractivity contribution in [1.29, 1.82) is 21.0 Å². The molecule has 0 atom stereocenters. The average molecular weight is 1170 g/mol. The summed E-state index contributed by atoms with van der Waals surface area (Å²) in [5.41, 5.74) is 9.91. The van der Waals surface area contributed by atoms with Crippen LogP contribution in [0.5, 0.6) is 0 Å². The third kappa shape index (κ3) is 41.8. The SMILES string of the molecule is CCO[Si](CCCCN)(OCC)OCC.CO[Si](CCCC#N)(CCCC#N)OC.C[Si](C)(C)C#Cc1ccc(Br)cc1.C[Si](C)(C)O[Si](C)(CCCC#N)CCCC#N.C[Si](C)(C)c1ccc(Cl)cc1. The normalized spacial score (nSPS) is 11.4. The number of nitrogens with zero attached hydrogens (tertiary/aromatic N) is 4. The third-order valence-corrected chi connectivity index (χ3v) is 28.0. The fourth-order valence-electron chi connectivity index (χ4n) is 6.77. The smallest absolute Gasteiger partial charge is 0.456 e. The van der Waals surface area contributed by atoms with Gasteiger partial charge in [-0.1, -0.05) is 90.1 Å². The van der Waals surface area contributed by atoms with E-state index in [2.05, 4.69) is 129 Å². The summed E-state index contributed by atoms with van der Waals surface area (Å²) in [6, 6.07) is 29.6. The number of rotatable bonds is 27. The van der Waals surface area contributed by atoms with Crippen LogP contribution >= 0.6 is 27.5 Å². The largest absolute Gasteiger partial charge is 0.500 e. The predicted octanol–water partition coefficient (Wildman–Crippen LogP) is 14.7. The number of hydrogen-bond donors (Lipinski definition) is 1. The van der Waals surface area contributed by atoms with Crippen molar-refractivity contribution in [2.24, 2.45) is 5.73 Å². The molecule has 0 aliphatic heterocycles. The van der Waals surface area contributed by atoms with Gasteiger partial charge in [0.15, 0.2) is 16.6 Å². The Morgan fingerprint density at radius 2 is 0.972 bits per heavy atom. The maximum atomic E-state index is 8.60. The molecule has 0 heterocycles. The van der Waals surface area contributed by atoms with Crippen LogP contribution in [0.2, 0.25) is 101 Å². The fraction of sp³-hybridized carbons (Fsp3) is 0.654. The number of halogens is 2. The maximum absolute atomic E-state index is 8.60. The highest BCUT2D eigenvalue weighted by atomic mass is 79.9. The molecule has 2 rings (SSSR count). The summed E-state index contributed by atoms with van der Waals surface area (Å²) in [5.74, 6) is 3.20. The minimum Gasteiger partial charge on any atom is -0.456 e. The first kappa shape index (κ1) is 73.0. The molecule has 0 radical (unpaired) electrons. The summed E-state index contributed by atoms with van der Waals surface area (Å²) in [7, 11) is -6.74. The summed E-state index contributed by atoms with van der Waals surface area (Å²) < 4.78 is 35.6. The highest BCUT2D eigenvalue weighted by Crippen LogP contribution is 2.27. The number of nitriles is 4. The van der Waals surface area contributed by atoms with Crippen molar-refractivity contribution in [1.82, 2.24) is 0 Å². The molecule has 0 aromatic heterocycles. The Morgan fingerprint density at radius 3 is 1.30 bits per heavy atom. The maximum Gasteiger partial charge on any atom is 0.500 e. The molecule has 2 aromatic rings. The Morgan fingerprint density at radius 1 is 0.563 bits per heavy atom. The van der Waals surface area contributed by atoms with E-state index in [1.54, 1.807) is 14.2 Å². The lowest BCUT2D eigenvalue weighted by molar-refractivity contribution is 0.0707. The second-order valence-electron chi connectivity index (χ2n) is 20.0. The van der Waals surface area contributed by atoms with Gasteiger partial charge in [-0.25, -0.2) is 0 Å². The Hall–Kier alpha value is -2.25. The first-order chi connectivity index (χ1) is 33.3. The van der Waals surface area contributed by atoms with Crippen LogP contribution in [0.25, 0.3) is 0 Å². The van der Waals surface area contributed by atoms with E-state index < -0.39 is 50.1 Å². The number of unbranched alkanes of at least 4 members (excludes halogenated alkanes) is 5. The van der Waals surface area contributed by atoms with E-state index in [0.717, 1.165) is 90.3 Å². The van der Waals surface area contributed by atoms with E-state index >= 15 is 0 Å². The quantitative estimate of drug-likeness (QED) is 0.0512. The first-order valence-electron chi connectivity index (χ1n) is 25.2. The molecule has 0 bridgehead atoms. The van der Waals surface area contributed by atoms with Crippen LogP contribution in [-0.2, 0) is 26.2 Å². The Balaban J connectivity index is -0.000000819. The van der Waals surface area contributed by atoms with Gasteiger partial charge in [-0.2, -0.15) is 21.0 Å². The summed E-state index contributed by atoms with van der Waals surface area (Å²) in [5, 5.41) is 36.4. The van der Waals surface area contributed by atoms with Gasteiger partial charge < -0.3 is 32.0 Å². The molecule has 0 aliphatic rings. The van der Waals surface area contributed by atoms with Gasteiger partial charge in [0.05, 0.1) is 32.4 Å². The highest BCUT2D eigenvalue weighted by molar-refractivity contribution is 9.10. The van der Waals surface area contributed by atoms with Crippen LogP contribution in [-0.4, -0.2) is 90.7 Å². The molecule has 2 aromatic carbocycles. The molecule has 0 saturated carbocycles. The van der Waals surface area contributed by atoms with Gasteiger partial charge in [-0.3, -0.25) is 0 Å². The molecule has 0 spiro atoms. The van der Waals surface area contributed by atoms with Crippen LogP contribution in [0.15, 0.2) is 53.0 Å². The van der Waals surface area contributed by atoms with Crippen molar-refractivity contribution in [3.63, 3.8) is 0 Å². The predicted molar refractivity (Wildman–Crippen MR) is 317 cm³/mol. The van der Waals surface area contributed by atoms with E-state index in [1.807, 2.05) is 57.2 Å². The van der Waals surface area contributed by atoms with Gasteiger partial charge in [0, 0.05) is 80.8 Å². The molecule has 0 aliphatic carbocycles. The van der Waals surface area contributed by atoms with Gasteiger partial charge in [0.2, 0.25) is 0 Å². The third-order valence-electron chi connectivity index (χ3n) is 10.1. The molecule has 0 unspecified atom stereocenters. The minimum absolute atomic E-state index is 0.541. The molecule has 0 fully saturated rings. The first-order valence-corrected chi connectivity index (χ1v) is 43.8. The lowest BCUT2D eigenvalue weighted by atomic mass is 10.2. The summed E-state index contributed by atoms with van der Waals surface area (Å²) >= 11 is 9.17. The summed E-state index contributed by atoms with van der Waals surface area (Å²) in [4.78, 5) is 0. The van der Waals surface area contributed by atoms with E-state index in [0.29, 0.717) is 45.5 Å². The number of benzene rings is 2. The second-order valence-corrected chi connectivity index (χ2v) is 46.5. The second kappa shape index (κ2) is 42.0. The molecule has 2 N–H and O–H groups in total. The Kier molecular flexibility index (Phi) is 43.2. The van der Waals surface area contributed by atoms with E-state index in [4.69, 9.17) is 64.6 Å². The van der Waals surface area contributed by atoms with Crippen LogP contribution in [0.1, 0.15) is 90.5 Å². The van der Waals surface area contributed by atoms with Crippen LogP contribution in [0.3, 0.4) is 0 Å². The van der Waals surface area contributed by atoms with Gasteiger partial charge >= 0.3 is 17.4 Å². The lowest BCUT2D eigenvalue weighted by Gasteiger charge is -2.34. The Bertz CT molecular complexity index is 1830. The monoisotopic (exact) mass is 1170 g/mol. The Labute approximate surface area is 453 Å². The van der Waals surface area contributed by atoms with Gasteiger partial charge in [0.1, 0.15) is 8.07 Å². The topological polar surface area (TPSA) is 177 Å². The molecule has 19 heteroatoms. The molecular formula is C52H93BrClN5O6Si6. The molecule has 400 valence electrons. The van der Waals surface area contributed by atoms with E-state index in [9.17, 15) is 0 Å². The zero-order chi connectivity index (χ0) is 54.9. The van der Waals surface area contributed by atoms with Crippen LogP contribution < -0.4 is 10.9 Å². The zero-order valence-corrected chi connectivity index (χ0v) is 55.0. The van der Waals surface area contributed by atoms with Crippen molar-refractivity contribution >= 4 is 82.9 Å². The summed E-state index contributed by atoms with van der Waals surface area (Å²) in [6.45, 7) is 31.2. The van der Waals surface area contributed by atoms with Crippen molar-refractivity contribution in [3.8, 4) is 35.7 Å². The standard InChI is InChI=1S/C12H24N2OSi2.C11H13BrSi.C10H18N2O2Si.C10H25NO3Si.C9H13ClSi/c1-16(2,3)15-17(4,11-7-5-9-13)12-8-6-10-14;1-13(2,3)9-8-10-4-6-11(12)7-5-10;1-13-15(14-2,9-5-3-7-11)10-6-4-8-12;1-4-12-15(13-5-2,14-6-3)10-8-7-9-11;1-11(2,3)9-6-4-8(10)5-7-9/h5-8,11-12H2,1-4H3;4-7H,1-3H3;3-6,9-10H2,1-2H3;4-11H2,1-3H3;4-7H,1-3H3. The van der Waals surface area contributed by atoms with E-state index in [-0.39, 0.29) is 0 Å². The van der Waals surface area contributed by atoms with Gasteiger partial charge in [-0.15, -0.1) is 5.54 Å². The average Bonchev–Trinajstić information content (AvgIpc) is 3.29. The van der Waals surface area contributed by atoms with Crippen molar-refractivity contribution in [3.05, 3.63) is 63.6 Å². The van der Waals surface area contributed by atoms with E-state index in [1.165, 1.54) is 5.19 Å². The molecule has 0 amide bonds. The van der Waals surface area contributed by atoms with Crippen LogP contribution in [0.4, 0.5) is 0 Å². The highest BCUT2D eigenvalue weighted by Gasteiger charge is 2.39. The van der Waals surface area contributed by atoms with Gasteiger partial charge in [-0.05, 0) is 153 Å². The molecular weight excluding hydrogens is 1070 g/mol. The number of nitrogens with two attached hydrogens (primary N) is 1. The lowest BCUT2D eigenvalue weighted by Crippen LogP contribution is -2.45. The summed E-state index contributed by atoms with van der Waals surface area (Å²) in [6.07, 6.45) is 7.86. The van der Waals surface area contributed by atoms with Gasteiger partial charge in [0.25, 0.3) is 0 Å². The number of hydrogen-bond acceptors (Lipinski definition) is 11. The van der Waals surface area contributed by atoms with Crippen molar-refractivity contribution in [2.45, 2.75) is 181 Å². The fourth-order valence-corrected chi connectivity index (χ4v) is 23.0. The minimum atomic E-state index is -2.39. The molecule has 11 nitrogen and oxygen atoms in total. The molecule has 71 heavy (non-hydrogen) atoms. The van der Waals surface area contributed by atoms with Crippen LogP contribution in [0, 0.1) is 56.8 Å². The molecule has 0 saturated heterocycles.